The first-order valence-electron chi connectivity index (χ1n) is 9.12. The third kappa shape index (κ3) is 3.21. The van der Waals surface area contributed by atoms with Crippen LogP contribution in [-0.4, -0.2) is 33.0 Å². The number of hydrogen-bond acceptors (Lipinski definition) is 4. The molecule has 2 amide bonds. The van der Waals surface area contributed by atoms with Gasteiger partial charge < -0.3 is 10.2 Å². The summed E-state index contributed by atoms with van der Waals surface area (Å²) >= 11 is 1.62. The molecule has 0 unspecified atom stereocenters. The molecule has 0 fully saturated rings. The monoisotopic (exact) mass is 378 g/mol. The summed E-state index contributed by atoms with van der Waals surface area (Å²) in [5.41, 5.74) is 3.43. The molecule has 27 heavy (non-hydrogen) atoms. The van der Waals surface area contributed by atoms with Crippen LogP contribution in [0.1, 0.15) is 27.7 Å². The Morgan fingerprint density at radius 2 is 1.67 bits per heavy atom. The second-order valence-electron chi connectivity index (χ2n) is 7.20. The molecule has 6 heteroatoms. The first kappa shape index (κ1) is 17.7. The number of urea groups is 1. The van der Waals surface area contributed by atoms with Gasteiger partial charge in [0.05, 0.1) is 11.0 Å². The molecular formula is C21H22N4OS. The van der Waals surface area contributed by atoms with E-state index in [1.807, 2.05) is 75.1 Å². The standard InChI is InChI=1S/C21H22N4OS/c1-12(2)25(13(3)4)21(26)22-14-9-10-18-15(11-14)19-20(27-18)24-17-8-6-5-7-16(17)23-19/h5-13H,1-4H3,(H,22,26). The van der Waals surface area contributed by atoms with Crippen molar-refractivity contribution >= 4 is 54.5 Å². The van der Waals surface area contributed by atoms with Crippen LogP contribution in [0.15, 0.2) is 42.5 Å². The summed E-state index contributed by atoms with van der Waals surface area (Å²) in [5.74, 6) is 0. The summed E-state index contributed by atoms with van der Waals surface area (Å²) in [7, 11) is 0. The van der Waals surface area contributed by atoms with Gasteiger partial charge in [-0.1, -0.05) is 12.1 Å². The largest absolute Gasteiger partial charge is 0.322 e. The summed E-state index contributed by atoms with van der Waals surface area (Å²) in [4.78, 5) is 25.0. The molecule has 0 bridgehead atoms. The van der Waals surface area contributed by atoms with E-state index in [4.69, 9.17) is 9.97 Å². The molecule has 0 aliphatic heterocycles. The first-order valence-corrected chi connectivity index (χ1v) is 9.94. The van der Waals surface area contributed by atoms with Gasteiger partial charge >= 0.3 is 6.03 Å². The number of anilines is 1. The number of para-hydroxylation sites is 2. The molecule has 0 saturated carbocycles. The Labute approximate surface area is 162 Å². The zero-order valence-electron chi connectivity index (χ0n) is 15.9. The second-order valence-corrected chi connectivity index (χ2v) is 8.23. The molecule has 4 aromatic rings. The molecule has 0 spiro atoms. The maximum absolute atomic E-state index is 12.7. The van der Waals surface area contributed by atoms with Crippen molar-refractivity contribution in [2.75, 3.05) is 5.32 Å². The number of thiophene rings is 1. The van der Waals surface area contributed by atoms with Gasteiger partial charge in [0.15, 0.2) is 0 Å². The third-order valence-corrected chi connectivity index (χ3v) is 5.63. The molecule has 5 nitrogen and oxygen atoms in total. The lowest BCUT2D eigenvalue weighted by Gasteiger charge is -2.30. The van der Waals surface area contributed by atoms with Crippen molar-refractivity contribution in [3.05, 3.63) is 42.5 Å². The lowest BCUT2D eigenvalue weighted by Crippen LogP contribution is -2.44. The Hall–Kier alpha value is -2.73. The van der Waals surface area contributed by atoms with Crippen LogP contribution in [0.3, 0.4) is 0 Å². The van der Waals surface area contributed by atoms with Gasteiger partial charge in [-0.3, -0.25) is 0 Å². The van der Waals surface area contributed by atoms with Gasteiger partial charge in [0.2, 0.25) is 0 Å². The first-order chi connectivity index (χ1) is 12.9. The predicted molar refractivity (Wildman–Crippen MR) is 114 cm³/mol. The summed E-state index contributed by atoms with van der Waals surface area (Å²) in [6.07, 6.45) is 0. The Balaban J connectivity index is 1.76. The van der Waals surface area contributed by atoms with Crippen molar-refractivity contribution in [1.29, 1.82) is 0 Å². The number of rotatable bonds is 3. The highest BCUT2D eigenvalue weighted by Crippen LogP contribution is 2.34. The number of hydrogen-bond donors (Lipinski definition) is 1. The smallest absolute Gasteiger partial charge is 0.320 e. The van der Waals surface area contributed by atoms with E-state index >= 15 is 0 Å². The van der Waals surface area contributed by atoms with E-state index in [2.05, 4.69) is 5.32 Å². The molecule has 0 aliphatic rings. The summed E-state index contributed by atoms with van der Waals surface area (Å²) < 4.78 is 1.11. The fraction of sp³-hybridized carbons (Fsp3) is 0.286. The van der Waals surface area contributed by atoms with Gasteiger partial charge in [0.25, 0.3) is 0 Å². The minimum atomic E-state index is -0.0876. The SMILES string of the molecule is CC(C)N(C(=O)Nc1ccc2sc3nc4ccccc4nc3c2c1)C(C)C. The molecule has 0 atom stereocenters. The lowest BCUT2D eigenvalue weighted by atomic mass is 10.2. The van der Waals surface area contributed by atoms with Gasteiger partial charge in [-0.05, 0) is 58.0 Å². The number of carbonyl (C=O) groups excluding carboxylic acids is 1. The number of nitrogens with one attached hydrogen (secondary N) is 1. The number of aromatic nitrogens is 2. The Bertz CT molecular complexity index is 1140. The zero-order chi connectivity index (χ0) is 19.1. The van der Waals surface area contributed by atoms with Gasteiger partial charge in [0, 0.05) is 27.9 Å². The molecule has 2 aromatic heterocycles. The minimum absolute atomic E-state index is 0.0876. The molecule has 138 valence electrons. The molecular weight excluding hydrogens is 356 g/mol. The van der Waals surface area contributed by atoms with Gasteiger partial charge in [-0.15, -0.1) is 11.3 Å². The van der Waals surface area contributed by atoms with Crippen LogP contribution >= 0.6 is 11.3 Å². The molecule has 2 aromatic carbocycles. The molecule has 0 radical (unpaired) electrons. The summed E-state index contributed by atoms with van der Waals surface area (Å²) in [6, 6.07) is 14.0. The van der Waals surface area contributed by atoms with E-state index in [9.17, 15) is 4.79 Å². The van der Waals surface area contributed by atoms with Crippen molar-refractivity contribution in [2.24, 2.45) is 0 Å². The number of carbonyl (C=O) groups is 1. The van der Waals surface area contributed by atoms with Crippen molar-refractivity contribution in [3.8, 4) is 0 Å². The van der Waals surface area contributed by atoms with E-state index in [1.165, 1.54) is 0 Å². The molecule has 0 aliphatic carbocycles. The zero-order valence-corrected chi connectivity index (χ0v) is 16.7. The second kappa shape index (κ2) is 6.78. The number of amides is 2. The Kier molecular flexibility index (Phi) is 4.44. The van der Waals surface area contributed by atoms with Crippen molar-refractivity contribution in [1.82, 2.24) is 14.9 Å². The molecule has 0 saturated heterocycles. The minimum Gasteiger partial charge on any atom is -0.320 e. The van der Waals surface area contributed by atoms with Gasteiger partial charge in [0.1, 0.15) is 10.3 Å². The average Bonchev–Trinajstić information content (AvgIpc) is 2.96. The number of fused-ring (bicyclic) bond motifs is 4. The maximum Gasteiger partial charge on any atom is 0.322 e. The Morgan fingerprint density at radius 1 is 1.00 bits per heavy atom. The number of nitrogens with zero attached hydrogens (tertiary/aromatic N) is 3. The van der Waals surface area contributed by atoms with Crippen LogP contribution < -0.4 is 5.32 Å². The van der Waals surface area contributed by atoms with Crippen LogP contribution in [0.4, 0.5) is 10.5 Å². The summed E-state index contributed by atoms with van der Waals surface area (Å²) in [5, 5.41) is 4.05. The quantitative estimate of drug-likeness (QED) is 0.501. The van der Waals surface area contributed by atoms with Crippen LogP contribution in [0.2, 0.25) is 0 Å². The molecule has 1 N–H and O–H groups in total. The van der Waals surface area contributed by atoms with Crippen LogP contribution in [0, 0.1) is 0 Å². The van der Waals surface area contributed by atoms with E-state index in [-0.39, 0.29) is 18.1 Å². The normalized spacial score (nSPS) is 11.8. The predicted octanol–water partition coefficient (Wildman–Crippen LogP) is 5.65. The maximum atomic E-state index is 12.7. The summed E-state index contributed by atoms with van der Waals surface area (Å²) in [6.45, 7) is 8.09. The fourth-order valence-electron chi connectivity index (χ4n) is 3.47. The van der Waals surface area contributed by atoms with Crippen molar-refractivity contribution in [2.45, 2.75) is 39.8 Å². The highest BCUT2D eigenvalue weighted by atomic mass is 32.1. The molecule has 2 heterocycles. The lowest BCUT2D eigenvalue weighted by molar-refractivity contribution is 0.178. The molecule has 4 rings (SSSR count). The van der Waals surface area contributed by atoms with E-state index in [0.29, 0.717) is 0 Å². The van der Waals surface area contributed by atoms with Crippen molar-refractivity contribution in [3.63, 3.8) is 0 Å². The highest BCUT2D eigenvalue weighted by Gasteiger charge is 2.20. The topological polar surface area (TPSA) is 58.1 Å². The van der Waals surface area contributed by atoms with Crippen LogP contribution in [0.5, 0.6) is 0 Å². The fourth-order valence-corrected chi connectivity index (χ4v) is 4.48. The van der Waals surface area contributed by atoms with Crippen LogP contribution in [-0.2, 0) is 0 Å². The van der Waals surface area contributed by atoms with Crippen LogP contribution in [0.25, 0.3) is 31.5 Å². The number of benzene rings is 2. The van der Waals surface area contributed by atoms with E-state index in [0.717, 1.165) is 37.2 Å². The van der Waals surface area contributed by atoms with E-state index in [1.54, 1.807) is 11.3 Å². The van der Waals surface area contributed by atoms with Crippen molar-refractivity contribution < 1.29 is 4.79 Å². The third-order valence-electron chi connectivity index (χ3n) is 4.58. The Morgan fingerprint density at radius 3 is 2.33 bits per heavy atom. The van der Waals surface area contributed by atoms with Gasteiger partial charge in [-0.25, -0.2) is 14.8 Å². The van der Waals surface area contributed by atoms with E-state index < -0.39 is 0 Å². The highest BCUT2D eigenvalue weighted by molar-refractivity contribution is 7.25. The van der Waals surface area contributed by atoms with Gasteiger partial charge in [-0.2, -0.15) is 0 Å². The average molecular weight is 379 g/mol.